The van der Waals surface area contributed by atoms with Crippen LogP contribution in [-0.2, 0) is 19.6 Å². The molecule has 0 saturated carbocycles. The first-order valence-electron chi connectivity index (χ1n) is 7.29. The molecule has 1 saturated heterocycles. The van der Waals surface area contributed by atoms with E-state index in [-0.39, 0.29) is 12.5 Å². The Hall–Kier alpha value is -0.960. The zero-order chi connectivity index (χ0) is 16.3. The van der Waals surface area contributed by atoms with Crippen LogP contribution in [0.2, 0.25) is 0 Å². The molecule has 0 unspecified atom stereocenters. The van der Waals surface area contributed by atoms with Crippen molar-refractivity contribution in [3.63, 3.8) is 0 Å². The Morgan fingerprint density at radius 1 is 1.27 bits per heavy atom. The molecule has 0 spiro atoms. The molecule has 0 aliphatic carbocycles. The Morgan fingerprint density at radius 2 is 1.91 bits per heavy atom. The number of ether oxygens (including phenoxy) is 1. The lowest BCUT2D eigenvalue weighted by Gasteiger charge is -2.33. The Balaban J connectivity index is 2.02. The molecule has 8 heteroatoms. The van der Waals surface area contributed by atoms with Gasteiger partial charge in [0.15, 0.2) is 0 Å². The number of nitrogens with zero attached hydrogens (tertiary/aromatic N) is 2. The SMILES string of the molecule is CCOCC(=O)N1CCN(S(=O)(=O)c2cc(C)sc2C)CC1. The van der Waals surface area contributed by atoms with E-state index in [0.29, 0.717) is 37.7 Å². The summed E-state index contributed by atoms with van der Waals surface area (Å²) in [5.41, 5.74) is 0. The summed E-state index contributed by atoms with van der Waals surface area (Å²) in [7, 11) is -3.46. The van der Waals surface area contributed by atoms with Crippen LogP contribution < -0.4 is 0 Å². The van der Waals surface area contributed by atoms with E-state index < -0.39 is 10.0 Å². The molecule has 1 aromatic heterocycles. The second-order valence-electron chi connectivity index (χ2n) is 5.20. The van der Waals surface area contributed by atoms with E-state index in [0.717, 1.165) is 9.75 Å². The minimum atomic E-state index is -3.46. The highest BCUT2D eigenvalue weighted by Crippen LogP contribution is 2.28. The normalized spacial score (nSPS) is 17.0. The van der Waals surface area contributed by atoms with Crippen LogP contribution in [0.4, 0.5) is 0 Å². The number of sulfonamides is 1. The van der Waals surface area contributed by atoms with Crippen LogP contribution >= 0.6 is 11.3 Å². The van der Waals surface area contributed by atoms with Crippen LogP contribution in [0.1, 0.15) is 16.7 Å². The number of carbonyl (C=O) groups excluding carboxylic acids is 1. The third kappa shape index (κ3) is 3.68. The van der Waals surface area contributed by atoms with Crippen molar-refractivity contribution >= 4 is 27.3 Å². The summed E-state index contributed by atoms with van der Waals surface area (Å²) in [5, 5.41) is 0. The summed E-state index contributed by atoms with van der Waals surface area (Å²) in [4.78, 5) is 15.7. The van der Waals surface area contributed by atoms with E-state index in [2.05, 4.69) is 0 Å². The Bertz CT molecular complexity index is 631. The maximum Gasteiger partial charge on any atom is 0.248 e. The Labute approximate surface area is 135 Å². The van der Waals surface area contributed by atoms with Crippen molar-refractivity contribution in [3.05, 3.63) is 15.8 Å². The molecule has 1 aliphatic heterocycles. The van der Waals surface area contributed by atoms with Crippen molar-refractivity contribution in [3.8, 4) is 0 Å². The number of hydrogen-bond donors (Lipinski definition) is 0. The number of rotatable bonds is 5. The lowest BCUT2D eigenvalue weighted by molar-refractivity contribution is -0.137. The number of amides is 1. The van der Waals surface area contributed by atoms with Gasteiger partial charge in [0.05, 0.1) is 4.90 Å². The van der Waals surface area contributed by atoms with E-state index >= 15 is 0 Å². The van der Waals surface area contributed by atoms with Gasteiger partial charge in [0.2, 0.25) is 15.9 Å². The molecule has 0 aromatic carbocycles. The number of hydrogen-bond acceptors (Lipinski definition) is 5. The predicted octanol–water partition coefficient (Wildman–Crippen LogP) is 1.23. The van der Waals surface area contributed by atoms with Crippen molar-refractivity contribution in [1.29, 1.82) is 0 Å². The van der Waals surface area contributed by atoms with Crippen molar-refractivity contribution in [2.45, 2.75) is 25.7 Å². The second-order valence-corrected chi connectivity index (χ2v) is 8.57. The van der Waals surface area contributed by atoms with E-state index in [9.17, 15) is 13.2 Å². The fourth-order valence-corrected chi connectivity index (χ4v) is 5.41. The molecule has 0 bridgehead atoms. The third-order valence-electron chi connectivity index (χ3n) is 3.63. The van der Waals surface area contributed by atoms with Gasteiger partial charge in [-0.15, -0.1) is 11.3 Å². The lowest BCUT2D eigenvalue weighted by atomic mass is 10.3. The molecule has 0 N–H and O–H groups in total. The first kappa shape index (κ1) is 17.4. The highest BCUT2D eigenvalue weighted by molar-refractivity contribution is 7.89. The molecule has 1 aromatic rings. The number of aryl methyl sites for hydroxylation is 2. The number of thiophene rings is 1. The van der Waals surface area contributed by atoms with Crippen LogP contribution in [0.25, 0.3) is 0 Å². The fourth-order valence-electron chi connectivity index (χ4n) is 2.46. The zero-order valence-corrected chi connectivity index (χ0v) is 14.8. The highest BCUT2D eigenvalue weighted by Gasteiger charge is 2.31. The first-order valence-corrected chi connectivity index (χ1v) is 9.54. The molecule has 2 heterocycles. The molecule has 22 heavy (non-hydrogen) atoms. The average molecular weight is 346 g/mol. The summed E-state index contributed by atoms with van der Waals surface area (Å²) < 4.78 is 31.9. The summed E-state index contributed by atoms with van der Waals surface area (Å²) in [6.07, 6.45) is 0. The van der Waals surface area contributed by atoms with E-state index in [1.807, 2.05) is 20.8 Å². The van der Waals surface area contributed by atoms with Crippen LogP contribution in [0.5, 0.6) is 0 Å². The summed E-state index contributed by atoms with van der Waals surface area (Å²) >= 11 is 1.49. The minimum absolute atomic E-state index is 0.0616. The summed E-state index contributed by atoms with van der Waals surface area (Å²) in [5.74, 6) is -0.0820. The topological polar surface area (TPSA) is 66.9 Å². The summed E-state index contributed by atoms with van der Waals surface area (Å²) in [6, 6.07) is 1.72. The molecular formula is C14H22N2O4S2. The number of carbonyl (C=O) groups is 1. The fraction of sp³-hybridized carbons (Fsp3) is 0.643. The summed E-state index contributed by atoms with van der Waals surface area (Å²) in [6.45, 7) is 7.60. The molecular weight excluding hydrogens is 324 g/mol. The van der Waals surface area contributed by atoms with Gasteiger partial charge in [-0.1, -0.05) is 0 Å². The third-order valence-corrected chi connectivity index (χ3v) is 6.75. The maximum atomic E-state index is 12.7. The minimum Gasteiger partial charge on any atom is -0.372 e. The maximum absolute atomic E-state index is 12.7. The van der Waals surface area contributed by atoms with Crippen LogP contribution in [0.3, 0.4) is 0 Å². The van der Waals surface area contributed by atoms with Gasteiger partial charge in [-0.25, -0.2) is 8.42 Å². The highest BCUT2D eigenvalue weighted by atomic mass is 32.2. The predicted molar refractivity (Wildman–Crippen MR) is 85.6 cm³/mol. The van der Waals surface area contributed by atoms with Gasteiger partial charge in [0.25, 0.3) is 0 Å². The molecule has 1 amide bonds. The van der Waals surface area contributed by atoms with E-state index in [1.165, 1.54) is 15.6 Å². The van der Waals surface area contributed by atoms with E-state index in [4.69, 9.17) is 4.74 Å². The van der Waals surface area contributed by atoms with Crippen LogP contribution in [0.15, 0.2) is 11.0 Å². The molecule has 1 fully saturated rings. The van der Waals surface area contributed by atoms with Crippen molar-refractivity contribution in [2.24, 2.45) is 0 Å². The molecule has 6 nitrogen and oxygen atoms in total. The second kappa shape index (κ2) is 7.08. The standard InChI is InChI=1S/C14H22N2O4S2/c1-4-20-10-14(17)15-5-7-16(8-6-15)22(18,19)13-9-11(2)21-12(13)3/h9H,4-8,10H2,1-3H3. The Kier molecular flexibility index (Phi) is 5.60. The quantitative estimate of drug-likeness (QED) is 0.804. The van der Waals surface area contributed by atoms with Gasteiger partial charge < -0.3 is 9.64 Å². The molecule has 2 rings (SSSR count). The van der Waals surface area contributed by atoms with Gasteiger partial charge in [-0.2, -0.15) is 4.31 Å². The monoisotopic (exact) mass is 346 g/mol. The van der Waals surface area contributed by atoms with Gasteiger partial charge in [0, 0.05) is 42.5 Å². The van der Waals surface area contributed by atoms with Crippen LogP contribution in [-0.4, -0.2) is 62.9 Å². The van der Waals surface area contributed by atoms with Gasteiger partial charge >= 0.3 is 0 Å². The molecule has 0 radical (unpaired) electrons. The zero-order valence-electron chi connectivity index (χ0n) is 13.2. The van der Waals surface area contributed by atoms with Crippen molar-refractivity contribution in [2.75, 3.05) is 39.4 Å². The smallest absolute Gasteiger partial charge is 0.248 e. The largest absolute Gasteiger partial charge is 0.372 e. The van der Waals surface area contributed by atoms with Crippen molar-refractivity contribution < 1.29 is 17.9 Å². The van der Waals surface area contributed by atoms with Crippen molar-refractivity contribution in [1.82, 2.24) is 9.21 Å². The first-order chi connectivity index (χ1) is 10.4. The average Bonchev–Trinajstić information content (AvgIpc) is 2.84. The number of piperazine rings is 1. The van der Waals surface area contributed by atoms with E-state index in [1.54, 1.807) is 11.0 Å². The molecule has 0 atom stereocenters. The lowest BCUT2D eigenvalue weighted by Crippen LogP contribution is -2.51. The Morgan fingerprint density at radius 3 is 2.41 bits per heavy atom. The molecule has 124 valence electrons. The van der Waals surface area contributed by atoms with Crippen LogP contribution in [0, 0.1) is 13.8 Å². The van der Waals surface area contributed by atoms with Gasteiger partial charge in [0.1, 0.15) is 6.61 Å². The van der Waals surface area contributed by atoms with Gasteiger partial charge in [-0.3, -0.25) is 4.79 Å². The van der Waals surface area contributed by atoms with Gasteiger partial charge in [-0.05, 0) is 26.8 Å². The molecule has 1 aliphatic rings.